The normalized spacial score (nSPS) is 20.9. The molecular formula is C29H34ClF2N5O3. The zero-order valence-electron chi connectivity index (χ0n) is 23.2. The van der Waals surface area contributed by atoms with Gasteiger partial charge in [0.2, 0.25) is 0 Å². The van der Waals surface area contributed by atoms with Crippen molar-refractivity contribution in [1.29, 1.82) is 0 Å². The van der Waals surface area contributed by atoms with Crippen molar-refractivity contribution >= 4 is 34.9 Å². The third-order valence-corrected chi connectivity index (χ3v) is 8.65. The molecule has 5 rings (SSSR count). The van der Waals surface area contributed by atoms with Gasteiger partial charge in [-0.15, -0.1) is 0 Å². The molecule has 40 heavy (non-hydrogen) atoms. The molecule has 1 saturated heterocycles. The third kappa shape index (κ3) is 5.25. The zero-order valence-corrected chi connectivity index (χ0v) is 24.0. The second kappa shape index (κ2) is 10.6. The average molecular weight is 574 g/mol. The van der Waals surface area contributed by atoms with Crippen molar-refractivity contribution in [1.82, 2.24) is 19.5 Å². The molecule has 1 aromatic carbocycles. The van der Waals surface area contributed by atoms with Gasteiger partial charge in [0.15, 0.2) is 11.3 Å². The highest BCUT2D eigenvalue weighted by Crippen LogP contribution is 2.53. The number of aromatic nitrogens is 3. The number of amides is 1. The first kappa shape index (κ1) is 28.3. The van der Waals surface area contributed by atoms with Crippen LogP contribution in [0.2, 0.25) is 5.02 Å². The zero-order chi connectivity index (χ0) is 29.0. The number of carbonyl (C=O) groups excluding carboxylic acids is 1. The fourth-order valence-corrected chi connectivity index (χ4v) is 5.93. The molecule has 2 aliphatic rings. The summed E-state index contributed by atoms with van der Waals surface area (Å²) in [6.07, 6.45) is 0.132. The molecule has 1 aliphatic carbocycles. The predicted molar refractivity (Wildman–Crippen MR) is 148 cm³/mol. The van der Waals surface area contributed by atoms with Gasteiger partial charge in [-0.1, -0.05) is 39.3 Å². The Bertz CT molecular complexity index is 1440. The summed E-state index contributed by atoms with van der Waals surface area (Å²) in [7, 11) is 0. The smallest absolute Gasteiger partial charge is 0.303 e. The molecule has 1 saturated carbocycles. The molecular weight excluding hydrogens is 540 g/mol. The summed E-state index contributed by atoms with van der Waals surface area (Å²) in [6.45, 7) is 12.3. The summed E-state index contributed by atoms with van der Waals surface area (Å²) in [6, 6.07) is 5.74. The fraction of sp³-hybridized carbons (Fsp3) is 0.517. The Kier molecular flexibility index (Phi) is 7.50. The Hall–Kier alpha value is -3.27. The van der Waals surface area contributed by atoms with E-state index in [9.17, 15) is 18.4 Å². The Balaban J connectivity index is 1.56. The number of rotatable bonds is 9. The van der Waals surface area contributed by atoms with Crippen LogP contribution in [0.3, 0.4) is 0 Å². The molecule has 8 nitrogen and oxygen atoms in total. The third-order valence-electron chi connectivity index (χ3n) is 8.29. The number of hydrogen-bond acceptors (Lipinski definition) is 5. The van der Waals surface area contributed by atoms with E-state index in [1.165, 1.54) is 0 Å². The number of carboxylic acids is 1. The van der Waals surface area contributed by atoms with Crippen molar-refractivity contribution < 1.29 is 23.5 Å². The maximum absolute atomic E-state index is 14.4. The van der Waals surface area contributed by atoms with Gasteiger partial charge in [0.05, 0.1) is 5.69 Å². The number of carboxylic acid groups (broad SMARTS) is 1. The van der Waals surface area contributed by atoms with Crippen LogP contribution in [0.4, 0.5) is 14.6 Å². The Morgan fingerprint density at radius 2 is 1.70 bits per heavy atom. The molecule has 2 fully saturated rings. The molecule has 0 spiro atoms. The second-order valence-electron chi connectivity index (χ2n) is 11.9. The van der Waals surface area contributed by atoms with Gasteiger partial charge in [-0.2, -0.15) is 9.61 Å². The number of halogens is 3. The minimum atomic E-state index is -0.882. The number of nitrogens with zero attached hydrogens (tertiary/aromatic N) is 5. The van der Waals surface area contributed by atoms with Crippen LogP contribution in [0.25, 0.3) is 16.9 Å². The monoisotopic (exact) mass is 573 g/mol. The summed E-state index contributed by atoms with van der Waals surface area (Å²) >= 11 is 5.73. The van der Waals surface area contributed by atoms with Crippen molar-refractivity contribution in [2.75, 3.05) is 24.5 Å². The maximum Gasteiger partial charge on any atom is 0.303 e. The van der Waals surface area contributed by atoms with Gasteiger partial charge in [0.25, 0.3) is 5.91 Å². The highest BCUT2D eigenvalue weighted by atomic mass is 35.5. The summed E-state index contributed by atoms with van der Waals surface area (Å²) in [5.74, 6) is -1.03. The van der Waals surface area contributed by atoms with E-state index < -0.39 is 22.6 Å². The second-order valence-corrected chi connectivity index (χ2v) is 12.3. The van der Waals surface area contributed by atoms with E-state index in [-0.39, 0.29) is 53.3 Å². The van der Waals surface area contributed by atoms with Crippen LogP contribution in [0, 0.1) is 41.2 Å². The lowest BCUT2D eigenvalue weighted by Gasteiger charge is -2.35. The number of carbonyl (C=O) groups is 2. The van der Waals surface area contributed by atoms with Gasteiger partial charge in [-0.25, -0.2) is 13.8 Å². The minimum Gasteiger partial charge on any atom is -0.481 e. The number of benzene rings is 1. The van der Waals surface area contributed by atoms with Gasteiger partial charge in [0.1, 0.15) is 22.5 Å². The number of anilines is 1. The Morgan fingerprint density at radius 1 is 1.07 bits per heavy atom. The molecule has 1 aliphatic heterocycles. The molecule has 1 N–H and O–H groups in total. The van der Waals surface area contributed by atoms with Gasteiger partial charge >= 0.3 is 5.97 Å². The standard InChI is InChI=1S/C29H34ClF2N5O3/c1-14(2)11-36(16(5)15(3)4)26-10-23(17-6-21(31)28(30)22(32)7-17)33-25-9-24(34-37(25)26)29(40)35-12-19-18(8-27(38)39)20(19)13-35/h6-7,9-10,14-16,18-20H,8,11-13H2,1-5H3,(H,38,39)/t16-,18?,19?,20?/m1/s1. The summed E-state index contributed by atoms with van der Waals surface area (Å²) in [4.78, 5) is 33.1. The summed E-state index contributed by atoms with van der Waals surface area (Å²) in [5, 5.41) is 13.2. The maximum atomic E-state index is 14.4. The van der Waals surface area contributed by atoms with Crippen LogP contribution < -0.4 is 4.90 Å². The minimum absolute atomic E-state index is 0.0831. The fourth-order valence-electron chi connectivity index (χ4n) is 5.82. The van der Waals surface area contributed by atoms with Crippen LogP contribution in [0.5, 0.6) is 0 Å². The SMILES string of the molecule is CC(C)CN(c1cc(-c2cc(F)c(Cl)c(F)c2)nc2cc(C(=O)N3CC4C(CC(=O)O)C4C3)nn12)[C@H](C)C(C)C. The summed E-state index contributed by atoms with van der Waals surface area (Å²) < 4.78 is 30.4. The molecule has 0 bridgehead atoms. The van der Waals surface area contributed by atoms with Gasteiger partial charge in [0, 0.05) is 49.8 Å². The lowest BCUT2D eigenvalue weighted by molar-refractivity contribution is -0.137. The van der Waals surface area contributed by atoms with E-state index in [0.717, 1.165) is 12.1 Å². The molecule has 214 valence electrons. The predicted octanol–water partition coefficient (Wildman–Crippen LogP) is 5.63. The van der Waals surface area contributed by atoms with Gasteiger partial charge in [-0.3, -0.25) is 9.59 Å². The molecule has 3 aromatic rings. The van der Waals surface area contributed by atoms with Crippen LogP contribution in [-0.2, 0) is 4.79 Å². The molecule has 3 heterocycles. The van der Waals surface area contributed by atoms with Crippen LogP contribution in [0.1, 0.15) is 51.5 Å². The summed E-state index contributed by atoms with van der Waals surface area (Å²) in [5.41, 5.74) is 1.16. The lowest BCUT2D eigenvalue weighted by atomic mass is 10.0. The van der Waals surface area contributed by atoms with E-state index in [0.29, 0.717) is 42.7 Å². The first-order valence-corrected chi connectivity index (χ1v) is 14.1. The van der Waals surface area contributed by atoms with Crippen molar-refractivity contribution in [3.05, 3.63) is 46.6 Å². The number of hydrogen-bond donors (Lipinski definition) is 1. The van der Waals surface area contributed by atoms with E-state index in [4.69, 9.17) is 16.7 Å². The van der Waals surface area contributed by atoms with E-state index in [2.05, 4.69) is 49.6 Å². The van der Waals surface area contributed by atoms with Crippen LogP contribution in [0.15, 0.2) is 24.3 Å². The van der Waals surface area contributed by atoms with Crippen molar-refractivity contribution in [3.63, 3.8) is 0 Å². The molecule has 0 radical (unpaired) electrons. The topological polar surface area (TPSA) is 91.0 Å². The van der Waals surface area contributed by atoms with E-state index in [1.54, 1.807) is 21.5 Å². The molecule has 2 unspecified atom stereocenters. The first-order chi connectivity index (χ1) is 18.8. The average Bonchev–Trinajstić information content (AvgIpc) is 3.24. The van der Waals surface area contributed by atoms with Crippen molar-refractivity contribution in [2.45, 2.75) is 47.1 Å². The van der Waals surface area contributed by atoms with Crippen molar-refractivity contribution in [2.24, 2.45) is 29.6 Å². The van der Waals surface area contributed by atoms with Gasteiger partial charge < -0.3 is 14.9 Å². The quantitative estimate of drug-likeness (QED) is 0.334. The van der Waals surface area contributed by atoms with Gasteiger partial charge in [-0.05, 0) is 48.6 Å². The number of fused-ring (bicyclic) bond motifs is 2. The lowest BCUT2D eigenvalue weighted by Crippen LogP contribution is -2.40. The van der Waals surface area contributed by atoms with Crippen molar-refractivity contribution in [3.8, 4) is 11.3 Å². The van der Waals surface area contributed by atoms with E-state index >= 15 is 0 Å². The number of likely N-dealkylation sites (tertiary alicyclic amines) is 1. The Labute approximate surface area is 236 Å². The highest BCUT2D eigenvalue weighted by molar-refractivity contribution is 6.31. The molecule has 11 heteroatoms. The van der Waals surface area contributed by atoms with E-state index in [1.807, 2.05) is 0 Å². The van der Waals surface area contributed by atoms with Crippen LogP contribution >= 0.6 is 11.6 Å². The largest absolute Gasteiger partial charge is 0.481 e. The number of piperidine rings is 1. The molecule has 1 amide bonds. The molecule has 3 atom stereocenters. The van der Waals surface area contributed by atoms with Crippen LogP contribution in [-0.4, -0.2) is 62.2 Å². The number of aliphatic carboxylic acids is 1. The Morgan fingerprint density at radius 3 is 2.25 bits per heavy atom. The first-order valence-electron chi connectivity index (χ1n) is 13.7. The molecule has 2 aromatic heterocycles. The highest BCUT2D eigenvalue weighted by Gasteiger charge is 2.57.